The van der Waals surface area contributed by atoms with E-state index in [1.807, 2.05) is 0 Å². The number of para-hydroxylation sites is 1. The van der Waals surface area contributed by atoms with E-state index < -0.39 is 6.16 Å². The minimum atomic E-state index is -1.42. The number of unbranched alkanes of at least 4 members (excludes halogenated alkanes) is 1. The number of rotatable bonds is 5. The third-order valence-electron chi connectivity index (χ3n) is 2.11. The van der Waals surface area contributed by atoms with Gasteiger partial charge in [-0.3, -0.25) is 0 Å². The highest BCUT2D eigenvalue weighted by molar-refractivity contribution is 9.09. The highest BCUT2D eigenvalue weighted by Gasteiger charge is 2.10. The predicted octanol–water partition coefficient (Wildman–Crippen LogP) is 3.17. The molecule has 0 aliphatic carbocycles. The lowest BCUT2D eigenvalue weighted by atomic mass is 10.1. The average Bonchev–Trinajstić information content (AvgIpc) is 2.23. The van der Waals surface area contributed by atoms with E-state index in [1.165, 1.54) is 6.07 Å². The zero-order valence-corrected chi connectivity index (χ0v) is 10.2. The van der Waals surface area contributed by atoms with Gasteiger partial charge in [0.15, 0.2) is 11.5 Å². The van der Waals surface area contributed by atoms with Gasteiger partial charge >= 0.3 is 6.16 Å². The van der Waals surface area contributed by atoms with Crippen molar-refractivity contribution in [3.63, 3.8) is 0 Å². The van der Waals surface area contributed by atoms with Crippen LogP contribution in [-0.2, 0) is 6.42 Å². The molecule has 0 aliphatic heterocycles. The van der Waals surface area contributed by atoms with Crippen LogP contribution in [0, 0.1) is 0 Å². The molecule has 0 heterocycles. The molecular weight excluding hydrogens is 276 g/mol. The maximum atomic E-state index is 10.4. The molecule has 0 radical (unpaired) electrons. The summed E-state index contributed by atoms with van der Waals surface area (Å²) in [6, 6.07) is 4.86. The van der Waals surface area contributed by atoms with Crippen molar-refractivity contribution >= 4 is 22.1 Å². The average molecular weight is 289 g/mol. The Morgan fingerprint density at radius 1 is 1.38 bits per heavy atom. The van der Waals surface area contributed by atoms with Gasteiger partial charge < -0.3 is 14.9 Å². The predicted molar refractivity (Wildman–Crippen MR) is 63.5 cm³/mol. The molecule has 4 nitrogen and oxygen atoms in total. The number of carboxylic acid groups (broad SMARTS) is 1. The second-order valence-electron chi connectivity index (χ2n) is 3.28. The number of benzene rings is 1. The Morgan fingerprint density at radius 2 is 2.12 bits per heavy atom. The van der Waals surface area contributed by atoms with Crippen LogP contribution in [0.15, 0.2) is 18.2 Å². The third-order valence-corrected chi connectivity index (χ3v) is 2.67. The van der Waals surface area contributed by atoms with Crippen LogP contribution in [0.4, 0.5) is 4.79 Å². The van der Waals surface area contributed by atoms with E-state index in [0.29, 0.717) is 12.0 Å². The maximum absolute atomic E-state index is 10.4. The molecule has 16 heavy (non-hydrogen) atoms. The molecular formula is C11H13BrO4. The molecule has 0 unspecified atom stereocenters. The van der Waals surface area contributed by atoms with Gasteiger partial charge in [0.25, 0.3) is 0 Å². The van der Waals surface area contributed by atoms with E-state index >= 15 is 0 Å². The molecule has 0 atom stereocenters. The van der Waals surface area contributed by atoms with Crippen molar-refractivity contribution < 1.29 is 19.7 Å². The second kappa shape index (κ2) is 6.37. The summed E-state index contributed by atoms with van der Waals surface area (Å²) >= 11 is 3.32. The monoisotopic (exact) mass is 288 g/mol. The molecule has 88 valence electrons. The van der Waals surface area contributed by atoms with E-state index in [9.17, 15) is 9.90 Å². The molecule has 2 N–H and O–H groups in total. The molecule has 1 aromatic rings. The van der Waals surface area contributed by atoms with Gasteiger partial charge in [-0.2, -0.15) is 0 Å². The van der Waals surface area contributed by atoms with Crippen molar-refractivity contribution in [1.82, 2.24) is 0 Å². The number of phenolic OH excluding ortho intramolecular Hbond substituents is 1. The summed E-state index contributed by atoms with van der Waals surface area (Å²) in [5.41, 5.74) is 0.708. The van der Waals surface area contributed by atoms with E-state index in [4.69, 9.17) is 5.11 Å². The van der Waals surface area contributed by atoms with Crippen molar-refractivity contribution in [3.8, 4) is 11.5 Å². The Hall–Kier alpha value is -1.23. The van der Waals surface area contributed by atoms with Crippen molar-refractivity contribution in [2.45, 2.75) is 19.3 Å². The molecule has 0 saturated carbocycles. The summed E-state index contributed by atoms with van der Waals surface area (Å²) < 4.78 is 4.45. The van der Waals surface area contributed by atoms with Crippen LogP contribution in [0.25, 0.3) is 0 Å². The van der Waals surface area contributed by atoms with E-state index in [1.54, 1.807) is 12.1 Å². The summed E-state index contributed by atoms with van der Waals surface area (Å²) in [5.74, 6) is -0.0942. The fraction of sp³-hybridized carbons (Fsp3) is 0.364. The lowest BCUT2D eigenvalue weighted by Crippen LogP contribution is -2.03. The zero-order valence-electron chi connectivity index (χ0n) is 8.65. The molecule has 1 aromatic carbocycles. The van der Waals surface area contributed by atoms with E-state index in [-0.39, 0.29) is 11.5 Å². The third kappa shape index (κ3) is 3.73. The fourth-order valence-corrected chi connectivity index (χ4v) is 1.75. The van der Waals surface area contributed by atoms with Gasteiger partial charge in [-0.05, 0) is 30.9 Å². The van der Waals surface area contributed by atoms with Crippen molar-refractivity contribution in [1.29, 1.82) is 0 Å². The summed E-state index contributed by atoms with van der Waals surface area (Å²) in [6.07, 6.45) is 1.21. The number of hydrogen-bond acceptors (Lipinski definition) is 3. The quantitative estimate of drug-likeness (QED) is 0.378. The van der Waals surface area contributed by atoms with Crippen LogP contribution >= 0.6 is 15.9 Å². The smallest absolute Gasteiger partial charge is 0.504 e. The summed E-state index contributed by atoms with van der Waals surface area (Å²) in [5, 5.41) is 19.1. The Balaban J connectivity index is 2.74. The summed E-state index contributed by atoms with van der Waals surface area (Å²) in [6.45, 7) is 0. The molecule has 0 saturated heterocycles. The van der Waals surface area contributed by atoms with Gasteiger partial charge in [0.1, 0.15) is 0 Å². The number of halogens is 1. The molecule has 0 spiro atoms. The topological polar surface area (TPSA) is 66.8 Å². The largest absolute Gasteiger partial charge is 0.511 e. The minimum absolute atomic E-state index is 0.0103. The molecule has 5 heteroatoms. The number of alkyl halides is 1. The first-order chi connectivity index (χ1) is 7.65. The van der Waals surface area contributed by atoms with Gasteiger partial charge in [-0.25, -0.2) is 4.79 Å². The standard InChI is InChI=1S/C11H13BrO4/c12-7-2-1-4-8-5-3-6-9(10(8)13)16-11(14)15/h3,5-6,13H,1-2,4,7H2,(H,14,15). The Labute approximate surface area is 102 Å². The van der Waals surface area contributed by atoms with Crippen molar-refractivity contribution in [2.75, 3.05) is 5.33 Å². The molecule has 1 rings (SSSR count). The van der Waals surface area contributed by atoms with Crippen LogP contribution in [0.2, 0.25) is 0 Å². The zero-order chi connectivity index (χ0) is 12.0. The van der Waals surface area contributed by atoms with Crippen LogP contribution in [0.1, 0.15) is 18.4 Å². The number of phenols is 1. The Bertz CT molecular complexity index is 365. The molecule has 0 amide bonds. The van der Waals surface area contributed by atoms with Crippen LogP contribution in [0.5, 0.6) is 11.5 Å². The van der Waals surface area contributed by atoms with Crippen molar-refractivity contribution in [2.24, 2.45) is 0 Å². The highest BCUT2D eigenvalue weighted by atomic mass is 79.9. The first-order valence-electron chi connectivity index (χ1n) is 4.92. The SMILES string of the molecule is O=C(O)Oc1cccc(CCCCBr)c1O. The first-order valence-corrected chi connectivity index (χ1v) is 6.05. The Morgan fingerprint density at radius 3 is 2.75 bits per heavy atom. The van der Waals surface area contributed by atoms with Crippen molar-refractivity contribution in [3.05, 3.63) is 23.8 Å². The fourth-order valence-electron chi connectivity index (χ4n) is 1.36. The molecule has 0 fully saturated rings. The molecule has 0 aliphatic rings. The van der Waals surface area contributed by atoms with Gasteiger partial charge in [0.2, 0.25) is 0 Å². The summed E-state index contributed by atoms with van der Waals surface area (Å²) in [4.78, 5) is 10.4. The minimum Gasteiger partial charge on any atom is -0.504 e. The summed E-state index contributed by atoms with van der Waals surface area (Å²) in [7, 11) is 0. The Kier molecular flexibility index (Phi) is 5.11. The number of hydrogen-bond donors (Lipinski definition) is 2. The number of carbonyl (C=O) groups is 1. The highest BCUT2D eigenvalue weighted by Crippen LogP contribution is 2.30. The van der Waals surface area contributed by atoms with Crippen LogP contribution in [0.3, 0.4) is 0 Å². The van der Waals surface area contributed by atoms with Gasteiger partial charge in [-0.15, -0.1) is 0 Å². The number of aryl methyl sites for hydroxylation is 1. The lowest BCUT2D eigenvalue weighted by molar-refractivity contribution is 0.143. The molecule has 0 aromatic heterocycles. The molecule has 0 bridgehead atoms. The number of aromatic hydroxyl groups is 1. The first kappa shape index (κ1) is 12.8. The van der Waals surface area contributed by atoms with Crippen LogP contribution in [-0.4, -0.2) is 21.7 Å². The number of ether oxygens (including phenoxy) is 1. The lowest BCUT2D eigenvalue weighted by Gasteiger charge is -2.07. The van der Waals surface area contributed by atoms with Crippen LogP contribution < -0.4 is 4.74 Å². The normalized spacial score (nSPS) is 10.1. The van der Waals surface area contributed by atoms with Gasteiger partial charge in [-0.1, -0.05) is 28.1 Å². The maximum Gasteiger partial charge on any atom is 0.511 e. The second-order valence-corrected chi connectivity index (χ2v) is 4.07. The van der Waals surface area contributed by atoms with Gasteiger partial charge in [0.05, 0.1) is 0 Å². The van der Waals surface area contributed by atoms with Gasteiger partial charge in [0, 0.05) is 5.33 Å². The van der Waals surface area contributed by atoms with E-state index in [0.717, 1.165) is 18.2 Å². The van der Waals surface area contributed by atoms with E-state index in [2.05, 4.69) is 20.7 Å².